The van der Waals surface area contributed by atoms with Crippen LogP contribution >= 0.6 is 0 Å². The lowest BCUT2D eigenvalue weighted by atomic mass is 9.80. The number of hydrogen-bond acceptors (Lipinski definition) is 4. The van der Waals surface area contributed by atoms with Gasteiger partial charge >= 0.3 is 0 Å². The summed E-state index contributed by atoms with van der Waals surface area (Å²) in [4.78, 5) is 30.1. The van der Waals surface area contributed by atoms with Gasteiger partial charge in [0, 0.05) is 36.3 Å². The van der Waals surface area contributed by atoms with Crippen molar-refractivity contribution in [2.45, 2.75) is 38.5 Å². The molecule has 184 valence electrons. The zero-order valence-corrected chi connectivity index (χ0v) is 21.1. The van der Waals surface area contributed by atoms with Crippen molar-refractivity contribution in [1.29, 1.82) is 0 Å². The first-order valence-corrected chi connectivity index (χ1v) is 12.4. The van der Waals surface area contributed by atoms with E-state index >= 15 is 0 Å². The van der Waals surface area contributed by atoms with Crippen molar-refractivity contribution in [3.63, 3.8) is 0 Å². The van der Waals surface area contributed by atoms with Crippen molar-refractivity contribution in [1.82, 2.24) is 9.80 Å². The van der Waals surface area contributed by atoms with Gasteiger partial charge in [0.05, 0.1) is 0 Å². The van der Waals surface area contributed by atoms with Crippen LogP contribution < -0.4 is 10.6 Å². The fourth-order valence-electron chi connectivity index (χ4n) is 4.37. The zero-order chi connectivity index (χ0) is 24.5. The first-order valence-electron chi connectivity index (χ1n) is 12.4. The van der Waals surface area contributed by atoms with Crippen LogP contribution in [0.2, 0.25) is 0 Å². The van der Waals surface area contributed by atoms with Gasteiger partial charge in [0.2, 0.25) is 11.8 Å². The lowest BCUT2D eigenvalue weighted by Crippen LogP contribution is -2.33. The summed E-state index contributed by atoms with van der Waals surface area (Å²) in [6.07, 6.45) is 5.12. The highest BCUT2D eigenvalue weighted by Crippen LogP contribution is 2.31. The number of benzene rings is 2. The minimum absolute atomic E-state index is 0.0174. The number of carbonyl (C=O) groups is 2. The number of nitrogens with one attached hydrogen (secondary N) is 2. The Morgan fingerprint density at radius 2 is 1.09 bits per heavy atom. The number of carbonyl (C=O) groups excluding carboxylic acids is 2. The van der Waals surface area contributed by atoms with Gasteiger partial charge in [-0.1, -0.05) is 30.7 Å². The smallest absolute Gasteiger partial charge is 0.227 e. The highest BCUT2D eigenvalue weighted by molar-refractivity contribution is 5.95. The number of rotatable bonds is 10. The molecule has 0 heterocycles. The van der Waals surface area contributed by atoms with E-state index in [-0.39, 0.29) is 23.7 Å². The van der Waals surface area contributed by atoms with Gasteiger partial charge in [-0.2, -0.15) is 0 Å². The second-order valence-corrected chi connectivity index (χ2v) is 10.0. The van der Waals surface area contributed by atoms with E-state index < -0.39 is 0 Å². The topological polar surface area (TPSA) is 64.7 Å². The molecule has 0 aliphatic heterocycles. The largest absolute Gasteiger partial charge is 0.326 e. The molecule has 1 aliphatic rings. The van der Waals surface area contributed by atoms with Crippen LogP contribution in [0.1, 0.15) is 36.8 Å². The van der Waals surface area contributed by atoms with Crippen LogP contribution in [-0.2, 0) is 22.4 Å². The second-order valence-electron chi connectivity index (χ2n) is 10.0. The van der Waals surface area contributed by atoms with E-state index in [0.717, 1.165) is 56.6 Å². The number of nitrogens with zero attached hydrogens (tertiary/aromatic N) is 2. The van der Waals surface area contributed by atoms with Gasteiger partial charge < -0.3 is 20.4 Å². The van der Waals surface area contributed by atoms with Gasteiger partial charge in [0.25, 0.3) is 0 Å². The normalized spacial score (nSPS) is 18.2. The lowest BCUT2D eigenvalue weighted by Gasteiger charge is -2.27. The van der Waals surface area contributed by atoms with Crippen LogP contribution in [0, 0.1) is 11.8 Å². The Balaban J connectivity index is 1.49. The van der Waals surface area contributed by atoms with E-state index in [1.54, 1.807) is 0 Å². The summed E-state index contributed by atoms with van der Waals surface area (Å²) in [6.45, 7) is 2.00. The molecule has 0 spiro atoms. The Morgan fingerprint density at radius 3 is 1.44 bits per heavy atom. The molecular formula is C28H40N4O2. The quantitative estimate of drug-likeness (QED) is 0.551. The second kappa shape index (κ2) is 12.7. The van der Waals surface area contributed by atoms with Crippen molar-refractivity contribution in [3.8, 4) is 0 Å². The van der Waals surface area contributed by atoms with Gasteiger partial charge in [0.1, 0.15) is 0 Å². The predicted molar refractivity (Wildman–Crippen MR) is 140 cm³/mol. The molecule has 34 heavy (non-hydrogen) atoms. The number of anilines is 2. The fraction of sp³-hybridized carbons (Fsp3) is 0.500. The Labute approximate surface area is 204 Å². The molecule has 3 rings (SSSR count). The first-order chi connectivity index (χ1) is 16.3. The van der Waals surface area contributed by atoms with Crippen LogP contribution in [-0.4, -0.2) is 62.9 Å². The molecule has 2 aromatic rings. The molecule has 0 radical (unpaired) electrons. The number of hydrogen-bond donors (Lipinski definition) is 2. The van der Waals surface area contributed by atoms with E-state index in [9.17, 15) is 9.59 Å². The molecule has 2 aromatic carbocycles. The molecule has 0 aromatic heterocycles. The summed E-state index contributed by atoms with van der Waals surface area (Å²) in [7, 11) is 8.26. The molecule has 1 aliphatic carbocycles. The molecule has 6 heteroatoms. The van der Waals surface area contributed by atoms with Gasteiger partial charge in [-0.3, -0.25) is 9.59 Å². The van der Waals surface area contributed by atoms with Gasteiger partial charge in [-0.15, -0.1) is 0 Å². The van der Waals surface area contributed by atoms with E-state index in [1.807, 2.05) is 24.3 Å². The minimum Gasteiger partial charge on any atom is -0.326 e. The lowest BCUT2D eigenvalue weighted by molar-refractivity contribution is -0.124. The average molecular weight is 465 g/mol. The van der Waals surface area contributed by atoms with Crippen molar-refractivity contribution in [2.24, 2.45) is 11.8 Å². The molecule has 0 saturated heterocycles. The molecule has 2 N–H and O–H groups in total. The Kier molecular flexibility index (Phi) is 9.66. The third kappa shape index (κ3) is 8.26. The van der Waals surface area contributed by atoms with Crippen LogP contribution in [0.5, 0.6) is 0 Å². The summed E-state index contributed by atoms with van der Waals surface area (Å²) in [5.41, 5.74) is 4.15. The number of amides is 2. The van der Waals surface area contributed by atoms with Crippen molar-refractivity contribution in [3.05, 3.63) is 59.7 Å². The maximum Gasteiger partial charge on any atom is 0.227 e. The minimum atomic E-state index is -0.133. The molecule has 2 unspecified atom stereocenters. The Morgan fingerprint density at radius 1 is 0.706 bits per heavy atom. The predicted octanol–water partition coefficient (Wildman–Crippen LogP) is 4.28. The van der Waals surface area contributed by atoms with Gasteiger partial charge in [-0.05, 0) is 95.7 Å². The molecule has 2 amide bonds. The van der Waals surface area contributed by atoms with Crippen molar-refractivity contribution in [2.75, 3.05) is 51.9 Å². The first kappa shape index (κ1) is 25.9. The molecule has 1 saturated carbocycles. The van der Waals surface area contributed by atoms with E-state index in [1.165, 1.54) is 11.1 Å². The fourth-order valence-corrected chi connectivity index (χ4v) is 4.37. The highest BCUT2D eigenvalue weighted by Gasteiger charge is 2.31. The van der Waals surface area contributed by atoms with E-state index in [0.29, 0.717) is 6.42 Å². The number of likely N-dealkylation sites (N-methyl/N-ethyl adjacent to an activating group) is 2. The van der Waals surface area contributed by atoms with Crippen LogP contribution in [0.25, 0.3) is 0 Å². The molecule has 2 atom stereocenters. The molecule has 6 nitrogen and oxygen atoms in total. The summed E-state index contributed by atoms with van der Waals surface area (Å²) in [5.74, 6) is -0.231. The summed E-state index contributed by atoms with van der Waals surface area (Å²) >= 11 is 0. The summed E-state index contributed by atoms with van der Waals surface area (Å²) in [6, 6.07) is 16.2. The molecule has 0 bridgehead atoms. The molecular weight excluding hydrogens is 424 g/mol. The third-order valence-electron chi connectivity index (χ3n) is 6.55. The summed E-state index contributed by atoms with van der Waals surface area (Å²) in [5, 5.41) is 6.11. The van der Waals surface area contributed by atoms with Gasteiger partial charge in [-0.25, -0.2) is 0 Å². The van der Waals surface area contributed by atoms with Gasteiger partial charge in [0.15, 0.2) is 0 Å². The zero-order valence-electron chi connectivity index (χ0n) is 21.1. The van der Waals surface area contributed by atoms with Crippen LogP contribution in [0.4, 0.5) is 11.4 Å². The Bertz CT molecular complexity index is 847. The van der Waals surface area contributed by atoms with E-state index in [4.69, 9.17) is 0 Å². The standard InChI is InChI=1S/C28H40N4O2/c1-31(2)18-16-21-8-12-25(13-9-21)29-27(33)23-6-5-7-24(20-23)28(34)30-26-14-10-22(11-15-26)17-19-32(3)4/h8-15,23-24H,5-7,16-20H2,1-4H3,(H,29,33)(H,30,34). The monoisotopic (exact) mass is 464 g/mol. The maximum atomic E-state index is 12.9. The van der Waals surface area contributed by atoms with Crippen molar-refractivity contribution < 1.29 is 9.59 Å². The molecule has 1 fully saturated rings. The Hall–Kier alpha value is -2.70. The third-order valence-corrected chi connectivity index (χ3v) is 6.55. The average Bonchev–Trinajstić information content (AvgIpc) is 2.83. The van der Waals surface area contributed by atoms with Crippen LogP contribution in [0.15, 0.2) is 48.5 Å². The summed E-state index contributed by atoms with van der Waals surface area (Å²) < 4.78 is 0. The maximum absolute atomic E-state index is 12.9. The van der Waals surface area contributed by atoms with Crippen molar-refractivity contribution >= 4 is 23.2 Å². The van der Waals surface area contributed by atoms with E-state index in [2.05, 4.69) is 72.9 Å². The van der Waals surface area contributed by atoms with Crippen LogP contribution in [0.3, 0.4) is 0 Å². The SMILES string of the molecule is CN(C)CCc1ccc(NC(=O)C2CCCC(C(=O)Nc3ccc(CCN(C)C)cc3)C2)cc1. The highest BCUT2D eigenvalue weighted by atomic mass is 16.2.